The molecule has 5 heteroatoms. The Hall–Kier alpha value is -1.26. The second-order valence-corrected chi connectivity index (χ2v) is 5.07. The number of anilines is 1. The van der Waals surface area contributed by atoms with Crippen LogP contribution in [-0.2, 0) is 0 Å². The average Bonchev–Trinajstić information content (AvgIpc) is 2.25. The molecule has 0 bridgehead atoms. The van der Waals surface area contributed by atoms with Crippen molar-refractivity contribution >= 4 is 23.3 Å². The minimum absolute atomic E-state index is 0.241. The van der Waals surface area contributed by atoms with E-state index >= 15 is 0 Å². The van der Waals surface area contributed by atoms with Gasteiger partial charge in [-0.2, -0.15) is 0 Å². The van der Waals surface area contributed by atoms with Crippen LogP contribution >= 0.6 is 11.6 Å². The maximum atomic E-state index is 11.5. The lowest BCUT2D eigenvalue weighted by atomic mass is 10.1. The summed E-state index contributed by atoms with van der Waals surface area (Å²) in [5, 5.41) is 15.4. The lowest BCUT2D eigenvalue weighted by molar-refractivity contribution is 0.148. The highest BCUT2D eigenvalue weighted by Gasteiger charge is 2.09. The predicted octanol–water partition coefficient (Wildman–Crippen LogP) is 2.87. The number of rotatable bonds is 5. The molecule has 1 atom stereocenters. The van der Waals surface area contributed by atoms with Crippen LogP contribution in [0.1, 0.15) is 20.3 Å². The Morgan fingerprint density at radius 2 is 2.17 bits per heavy atom. The molecule has 100 valence electrons. The molecule has 0 saturated carbocycles. The smallest absolute Gasteiger partial charge is 0.319 e. The molecule has 1 rings (SSSR count). The van der Waals surface area contributed by atoms with Gasteiger partial charge in [0, 0.05) is 17.3 Å². The lowest BCUT2D eigenvalue weighted by Gasteiger charge is -2.14. The Morgan fingerprint density at radius 3 is 2.78 bits per heavy atom. The summed E-state index contributed by atoms with van der Waals surface area (Å²) in [5.74, 6) is 0.401. The van der Waals surface area contributed by atoms with Gasteiger partial charge in [-0.15, -0.1) is 0 Å². The van der Waals surface area contributed by atoms with Gasteiger partial charge in [0.25, 0.3) is 0 Å². The summed E-state index contributed by atoms with van der Waals surface area (Å²) in [6, 6.07) is 6.55. The molecule has 0 radical (unpaired) electrons. The third-order valence-electron chi connectivity index (χ3n) is 2.32. The zero-order chi connectivity index (χ0) is 13.5. The molecule has 0 aliphatic carbocycles. The summed E-state index contributed by atoms with van der Waals surface area (Å²) in [7, 11) is 0. The Kier molecular flexibility index (Phi) is 5.95. The van der Waals surface area contributed by atoms with Crippen LogP contribution in [0.15, 0.2) is 24.3 Å². The Labute approximate surface area is 112 Å². The molecule has 4 nitrogen and oxygen atoms in total. The summed E-state index contributed by atoms with van der Waals surface area (Å²) in [6.07, 6.45) is 0.146. The fourth-order valence-electron chi connectivity index (χ4n) is 1.58. The van der Waals surface area contributed by atoms with E-state index in [1.54, 1.807) is 24.3 Å². The Bertz CT molecular complexity index is 396. The number of benzene rings is 1. The van der Waals surface area contributed by atoms with Crippen LogP contribution in [0, 0.1) is 5.92 Å². The zero-order valence-corrected chi connectivity index (χ0v) is 11.4. The van der Waals surface area contributed by atoms with Crippen LogP contribution in [0.5, 0.6) is 0 Å². The van der Waals surface area contributed by atoms with Gasteiger partial charge in [0.2, 0.25) is 0 Å². The summed E-state index contributed by atoms with van der Waals surface area (Å²) < 4.78 is 0. The number of hydrogen-bond acceptors (Lipinski definition) is 2. The predicted molar refractivity (Wildman–Crippen MR) is 73.9 cm³/mol. The largest absolute Gasteiger partial charge is 0.391 e. The molecule has 0 saturated heterocycles. The molecular formula is C13H19ClN2O2. The average molecular weight is 271 g/mol. The number of aliphatic hydroxyl groups is 1. The van der Waals surface area contributed by atoms with Crippen LogP contribution in [-0.4, -0.2) is 23.8 Å². The van der Waals surface area contributed by atoms with Gasteiger partial charge in [0.1, 0.15) is 0 Å². The van der Waals surface area contributed by atoms with Crippen molar-refractivity contribution in [1.82, 2.24) is 5.32 Å². The zero-order valence-electron chi connectivity index (χ0n) is 10.6. The van der Waals surface area contributed by atoms with E-state index in [9.17, 15) is 9.90 Å². The molecule has 0 aromatic heterocycles. The SMILES string of the molecule is CC(C)CC(O)CNC(=O)Nc1cccc(Cl)c1. The van der Waals surface area contributed by atoms with Gasteiger partial charge >= 0.3 is 6.03 Å². The molecule has 0 fully saturated rings. The van der Waals surface area contributed by atoms with Crippen molar-refractivity contribution in [2.45, 2.75) is 26.4 Å². The van der Waals surface area contributed by atoms with Gasteiger partial charge in [0.05, 0.1) is 6.10 Å². The van der Waals surface area contributed by atoms with Gasteiger partial charge in [-0.1, -0.05) is 31.5 Å². The number of aliphatic hydroxyl groups excluding tert-OH is 1. The van der Waals surface area contributed by atoms with E-state index in [1.165, 1.54) is 0 Å². The van der Waals surface area contributed by atoms with E-state index in [0.717, 1.165) is 0 Å². The number of amides is 2. The van der Waals surface area contributed by atoms with Crippen LogP contribution in [0.3, 0.4) is 0 Å². The molecule has 1 aromatic carbocycles. The first-order valence-corrected chi connectivity index (χ1v) is 6.33. The van der Waals surface area contributed by atoms with E-state index < -0.39 is 6.10 Å². The standard InChI is InChI=1S/C13H19ClN2O2/c1-9(2)6-12(17)8-15-13(18)16-11-5-3-4-10(14)7-11/h3-5,7,9,12,17H,6,8H2,1-2H3,(H2,15,16,18). The normalized spacial score (nSPS) is 12.3. The number of nitrogens with one attached hydrogen (secondary N) is 2. The van der Waals surface area contributed by atoms with Crippen molar-refractivity contribution in [3.05, 3.63) is 29.3 Å². The van der Waals surface area contributed by atoms with Crippen LogP contribution in [0.2, 0.25) is 5.02 Å². The number of urea groups is 1. The summed E-state index contributed by atoms with van der Waals surface area (Å²) in [4.78, 5) is 11.5. The number of carbonyl (C=O) groups is 1. The van der Waals surface area contributed by atoms with Gasteiger partial charge < -0.3 is 15.7 Å². The van der Waals surface area contributed by atoms with Gasteiger partial charge in [0.15, 0.2) is 0 Å². The first-order valence-electron chi connectivity index (χ1n) is 5.96. The second-order valence-electron chi connectivity index (χ2n) is 4.63. The first kappa shape index (κ1) is 14.8. The minimum atomic E-state index is -0.518. The maximum Gasteiger partial charge on any atom is 0.319 e. The molecule has 3 N–H and O–H groups in total. The van der Waals surface area contributed by atoms with Gasteiger partial charge in [-0.05, 0) is 30.5 Å². The highest BCUT2D eigenvalue weighted by atomic mass is 35.5. The van der Waals surface area contributed by atoms with Crippen molar-refractivity contribution in [2.24, 2.45) is 5.92 Å². The van der Waals surface area contributed by atoms with Gasteiger partial charge in [-0.25, -0.2) is 4.79 Å². The number of halogens is 1. The first-order chi connectivity index (χ1) is 8.47. The quantitative estimate of drug-likeness (QED) is 0.770. The molecule has 0 aliphatic rings. The van der Waals surface area contributed by atoms with E-state index in [0.29, 0.717) is 23.0 Å². The molecular weight excluding hydrogens is 252 g/mol. The molecule has 1 aromatic rings. The van der Waals surface area contributed by atoms with Crippen LogP contribution in [0.4, 0.5) is 10.5 Å². The number of carbonyl (C=O) groups excluding carboxylic acids is 1. The maximum absolute atomic E-state index is 11.5. The molecule has 0 aliphatic heterocycles. The molecule has 0 heterocycles. The lowest BCUT2D eigenvalue weighted by Crippen LogP contribution is -2.35. The second kappa shape index (κ2) is 7.24. The minimum Gasteiger partial charge on any atom is -0.391 e. The van der Waals surface area contributed by atoms with Crippen molar-refractivity contribution in [1.29, 1.82) is 0 Å². The number of hydrogen-bond donors (Lipinski definition) is 3. The van der Waals surface area contributed by atoms with Crippen LogP contribution in [0.25, 0.3) is 0 Å². The van der Waals surface area contributed by atoms with E-state index in [2.05, 4.69) is 10.6 Å². The fourth-order valence-corrected chi connectivity index (χ4v) is 1.77. The van der Waals surface area contributed by atoms with Crippen molar-refractivity contribution in [3.8, 4) is 0 Å². The molecule has 0 spiro atoms. The molecule has 1 unspecified atom stereocenters. The van der Waals surface area contributed by atoms with Crippen LogP contribution < -0.4 is 10.6 Å². The third-order valence-corrected chi connectivity index (χ3v) is 2.56. The van der Waals surface area contributed by atoms with E-state index in [-0.39, 0.29) is 12.6 Å². The summed E-state index contributed by atoms with van der Waals surface area (Å²) in [6.45, 7) is 4.29. The topological polar surface area (TPSA) is 61.4 Å². The molecule has 18 heavy (non-hydrogen) atoms. The summed E-state index contributed by atoms with van der Waals surface area (Å²) in [5.41, 5.74) is 0.623. The Balaban J connectivity index is 2.34. The van der Waals surface area contributed by atoms with E-state index in [1.807, 2.05) is 13.8 Å². The van der Waals surface area contributed by atoms with Crippen molar-refractivity contribution in [3.63, 3.8) is 0 Å². The van der Waals surface area contributed by atoms with Crippen molar-refractivity contribution in [2.75, 3.05) is 11.9 Å². The highest BCUT2D eigenvalue weighted by Crippen LogP contribution is 2.14. The monoisotopic (exact) mass is 270 g/mol. The highest BCUT2D eigenvalue weighted by molar-refractivity contribution is 6.30. The summed E-state index contributed by atoms with van der Waals surface area (Å²) >= 11 is 5.80. The third kappa shape index (κ3) is 5.89. The Morgan fingerprint density at radius 1 is 1.44 bits per heavy atom. The fraction of sp³-hybridized carbons (Fsp3) is 0.462. The van der Waals surface area contributed by atoms with E-state index in [4.69, 9.17) is 11.6 Å². The molecule has 2 amide bonds. The van der Waals surface area contributed by atoms with Crippen molar-refractivity contribution < 1.29 is 9.90 Å². The van der Waals surface area contributed by atoms with Gasteiger partial charge in [-0.3, -0.25) is 0 Å².